The Balaban J connectivity index is 0.00000180. The molecule has 5 nitrogen and oxygen atoms in total. The molecule has 1 aromatic carbocycles. The predicted molar refractivity (Wildman–Crippen MR) is 64.9 cm³/mol. The molecule has 0 bridgehead atoms. The van der Waals surface area contributed by atoms with Gasteiger partial charge in [0.25, 0.3) is 10.1 Å². The molecule has 1 fully saturated rings. The third-order valence-corrected chi connectivity index (χ3v) is 3.90. The Kier molecular flexibility index (Phi) is 7.24. The Labute approximate surface area is 143 Å². The van der Waals surface area contributed by atoms with Crippen LogP contribution in [0.1, 0.15) is 5.56 Å². The first-order valence-electron chi connectivity index (χ1n) is 5.73. The maximum Gasteiger partial charge on any atom is 0.297 e. The van der Waals surface area contributed by atoms with Crippen molar-refractivity contribution >= 4 is 10.1 Å². The molecule has 2 rings (SSSR count). The van der Waals surface area contributed by atoms with E-state index in [0.717, 1.165) is 5.56 Å². The average Bonchev–Trinajstić information content (AvgIpc) is 2.38. The summed E-state index contributed by atoms with van der Waals surface area (Å²) in [6.07, 6.45) is -0.320. The summed E-state index contributed by atoms with van der Waals surface area (Å²) in [6, 6.07) is 6.53. The standard InChI is InChI=1S/C12H16O5S.Ar/c1-10-2-4-12(5-3-10)18(13,14)17-9-11-8-15-6-7-16-11;/h2-5,11H,6-9H2,1H3;/t11-;/m0./s1. The molecule has 1 aromatic rings. The SMILES string of the molecule is Cc1ccc(S(=O)(=O)OC[C@@H]2COCCO2)cc1.[Ar]. The maximum atomic E-state index is 11.9. The normalized spacial score (nSPS) is 19.7. The first-order chi connectivity index (χ1) is 8.58. The summed E-state index contributed by atoms with van der Waals surface area (Å²) in [5, 5.41) is 0. The van der Waals surface area contributed by atoms with Crippen LogP contribution in [0.4, 0.5) is 0 Å². The number of rotatable bonds is 4. The van der Waals surface area contributed by atoms with Gasteiger partial charge in [0.05, 0.1) is 31.3 Å². The van der Waals surface area contributed by atoms with E-state index in [-0.39, 0.29) is 55.3 Å². The smallest absolute Gasteiger partial charge is 0.297 e. The summed E-state index contributed by atoms with van der Waals surface area (Å²) in [4.78, 5) is 0.157. The molecule has 1 saturated heterocycles. The molecule has 0 amide bonds. The molecule has 1 heterocycles. The quantitative estimate of drug-likeness (QED) is 0.780. The first kappa shape index (κ1) is 17.4. The molecule has 1 aliphatic heterocycles. The summed E-state index contributed by atoms with van der Waals surface area (Å²) >= 11 is 0. The fraction of sp³-hybridized carbons (Fsp3) is 0.500. The van der Waals surface area contributed by atoms with Crippen molar-refractivity contribution in [3.63, 3.8) is 0 Å². The van der Waals surface area contributed by atoms with Crippen molar-refractivity contribution in [2.24, 2.45) is 0 Å². The van der Waals surface area contributed by atoms with Crippen molar-refractivity contribution in [2.45, 2.75) is 17.9 Å². The van der Waals surface area contributed by atoms with Crippen LogP contribution in [0.3, 0.4) is 0 Å². The Morgan fingerprint density at radius 1 is 1.26 bits per heavy atom. The zero-order chi connectivity index (χ0) is 13.0. The van der Waals surface area contributed by atoms with Gasteiger partial charge in [-0.1, -0.05) is 17.7 Å². The van der Waals surface area contributed by atoms with Gasteiger partial charge in [0.1, 0.15) is 6.10 Å². The van der Waals surface area contributed by atoms with Gasteiger partial charge in [0.2, 0.25) is 0 Å². The minimum absolute atomic E-state index is 0. The van der Waals surface area contributed by atoms with Gasteiger partial charge < -0.3 is 9.47 Å². The van der Waals surface area contributed by atoms with Gasteiger partial charge in [0, 0.05) is 37.7 Å². The second-order valence-electron chi connectivity index (χ2n) is 4.12. The van der Waals surface area contributed by atoms with Crippen molar-refractivity contribution in [1.82, 2.24) is 0 Å². The molecule has 19 heavy (non-hydrogen) atoms. The van der Waals surface area contributed by atoms with Gasteiger partial charge in [-0.3, -0.25) is 4.18 Å². The Bertz CT molecular complexity index is 479. The van der Waals surface area contributed by atoms with E-state index in [2.05, 4.69) is 0 Å². The molecule has 0 spiro atoms. The fourth-order valence-electron chi connectivity index (χ4n) is 1.57. The Morgan fingerprint density at radius 3 is 2.53 bits per heavy atom. The van der Waals surface area contributed by atoms with Crippen molar-refractivity contribution in [1.29, 1.82) is 0 Å². The van der Waals surface area contributed by atoms with E-state index >= 15 is 0 Å². The number of ether oxygens (including phenoxy) is 2. The summed E-state index contributed by atoms with van der Waals surface area (Å²) < 4.78 is 39.2. The van der Waals surface area contributed by atoms with Crippen LogP contribution in [-0.4, -0.2) is 40.9 Å². The molecule has 0 radical (unpaired) electrons. The van der Waals surface area contributed by atoms with Crippen LogP contribution in [-0.2, 0) is 23.8 Å². The number of benzene rings is 1. The second-order valence-corrected chi connectivity index (χ2v) is 5.73. The van der Waals surface area contributed by atoms with E-state index in [0.29, 0.717) is 19.8 Å². The Morgan fingerprint density at radius 2 is 1.95 bits per heavy atom. The topological polar surface area (TPSA) is 61.8 Å². The minimum Gasteiger partial charge on any atom is -0.376 e. The van der Waals surface area contributed by atoms with Gasteiger partial charge in [0.15, 0.2) is 0 Å². The zero-order valence-corrected chi connectivity index (χ0v) is 12.0. The summed E-state index contributed by atoms with van der Waals surface area (Å²) in [6.45, 7) is 3.25. The number of hydrogen-bond acceptors (Lipinski definition) is 5. The molecule has 0 aromatic heterocycles. The number of aryl methyl sites for hydroxylation is 1. The second kappa shape index (κ2) is 7.93. The van der Waals surface area contributed by atoms with Crippen LogP contribution in [0, 0.1) is 44.7 Å². The van der Waals surface area contributed by atoms with Crippen LogP contribution in [0.2, 0.25) is 0 Å². The first-order valence-corrected chi connectivity index (χ1v) is 7.14. The van der Waals surface area contributed by atoms with Crippen LogP contribution in [0.25, 0.3) is 0 Å². The molecule has 0 unspecified atom stereocenters. The molecule has 1 atom stereocenters. The van der Waals surface area contributed by atoms with Gasteiger partial charge in [-0.15, -0.1) is 0 Å². The van der Waals surface area contributed by atoms with E-state index in [1.807, 2.05) is 6.92 Å². The molecule has 108 valence electrons. The minimum atomic E-state index is -3.71. The van der Waals surface area contributed by atoms with Gasteiger partial charge in [-0.05, 0) is 19.1 Å². The van der Waals surface area contributed by atoms with Crippen molar-refractivity contribution in [2.75, 3.05) is 26.4 Å². The molecule has 0 aliphatic carbocycles. The molecular formula is C12H16ArO5S. The van der Waals surface area contributed by atoms with Gasteiger partial charge in [-0.25, -0.2) is 0 Å². The predicted octanol–water partition coefficient (Wildman–Crippen LogP) is 1.12. The van der Waals surface area contributed by atoms with E-state index in [1.54, 1.807) is 12.1 Å². The zero-order valence-electron chi connectivity index (χ0n) is 10.5. The van der Waals surface area contributed by atoms with Crippen molar-refractivity contribution in [3.05, 3.63) is 29.8 Å². The van der Waals surface area contributed by atoms with Crippen LogP contribution in [0.15, 0.2) is 29.2 Å². The average molecular weight is 312 g/mol. The van der Waals surface area contributed by atoms with E-state index in [1.165, 1.54) is 12.1 Å². The van der Waals surface area contributed by atoms with Crippen LogP contribution >= 0.6 is 0 Å². The summed E-state index contributed by atoms with van der Waals surface area (Å²) in [7, 11) is -3.71. The maximum absolute atomic E-state index is 11.9. The van der Waals surface area contributed by atoms with Gasteiger partial charge >= 0.3 is 0 Å². The largest absolute Gasteiger partial charge is 0.376 e. The monoisotopic (exact) mass is 312 g/mol. The number of hydrogen-bond donors (Lipinski definition) is 0. The van der Waals surface area contributed by atoms with E-state index in [4.69, 9.17) is 13.7 Å². The fourth-order valence-corrected chi connectivity index (χ4v) is 2.51. The van der Waals surface area contributed by atoms with Crippen molar-refractivity contribution < 1.29 is 59.8 Å². The van der Waals surface area contributed by atoms with E-state index < -0.39 is 10.1 Å². The molecular weight excluding hydrogens is 296 g/mol. The Hall–Kier alpha value is 0.310. The molecule has 1 aliphatic rings. The summed E-state index contributed by atoms with van der Waals surface area (Å²) in [5.41, 5.74) is 0.998. The third kappa shape index (κ3) is 5.30. The molecule has 0 N–H and O–H groups in total. The summed E-state index contributed by atoms with van der Waals surface area (Å²) in [5.74, 6) is 0. The molecule has 0 saturated carbocycles. The third-order valence-electron chi connectivity index (χ3n) is 2.60. The van der Waals surface area contributed by atoms with Crippen LogP contribution < -0.4 is 0 Å². The van der Waals surface area contributed by atoms with Crippen molar-refractivity contribution in [3.8, 4) is 0 Å². The van der Waals surface area contributed by atoms with Crippen LogP contribution in [0.5, 0.6) is 0 Å². The van der Waals surface area contributed by atoms with E-state index in [9.17, 15) is 8.42 Å². The van der Waals surface area contributed by atoms with Gasteiger partial charge in [-0.2, -0.15) is 8.42 Å². The molecule has 7 heteroatoms.